The molecule has 0 atom stereocenters. The summed E-state index contributed by atoms with van der Waals surface area (Å²) >= 11 is 1.51. The Kier molecular flexibility index (Phi) is 2.78. The molecule has 5 heteroatoms. The molecular formula is C11H13N3OS. The van der Waals surface area contributed by atoms with Gasteiger partial charge in [0, 0.05) is 12.8 Å². The summed E-state index contributed by atoms with van der Waals surface area (Å²) in [6, 6.07) is 5.29. The van der Waals surface area contributed by atoms with Crippen molar-refractivity contribution in [3.8, 4) is 5.75 Å². The second-order valence-corrected chi connectivity index (χ2v) is 4.75. The van der Waals surface area contributed by atoms with E-state index in [1.54, 1.807) is 12.1 Å². The average molecular weight is 235 g/mol. The van der Waals surface area contributed by atoms with Crippen molar-refractivity contribution in [1.82, 2.24) is 4.57 Å². The molecule has 0 bridgehead atoms. The Labute approximate surface area is 97.2 Å². The first kappa shape index (κ1) is 10.9. The zero-order valence-electron chi connectivity index (χ0n) is 9.43. The Hall–Kier alpha value is -1.62. The fourth-order valence-electron chi connectivity index (χ4n) is 1.36. The van der Waals surface area contributed by atoms with Gasteiger partial charge in [-0.25, -0.2) is 0 Å². The van der Waals surface area contributed by atoms with Gasteiger partial charge in [0.2, 0.25) is 4.80 Å². The van der Waals surface area contributed by atoms with Crippen molar-refractivity contribution in [2.45, 2.75) is 13.8 Å². The van der Waals surface area contributed by atoms with Gasteiger partial charge < -0.3 is 9.67 Å². The topological polar surface area (TPSA) is 49.9 Å². The van der Waals surface area contributed by atoms with Crippen LogP contribution in [0.1, 0.15) is 13.8 Å². The second kappa shape index (κ2) is 4.09. The number of hydrogen-bond donors (Lipinski definition) is 1. The van der Waals surface area contributed by atoms with Crippen LogP contribution in [0.3, 0.4) is 0 Å². The number of nitrogens with zero attached hydrogens (tertiary/aromatic N) is 3. The lowest BCUT2D eigenvalue weighted by Gasteiger charge is -1.94. The molecule has 84 valence electrons. The number of fused-ring (bicyclic) bond motifs is 1. The fraction of sp³-hybridized carbons (Fsp3) is 0.273. The minimum atomic E-state index is 0.274. The Balaban J connectivity index is 2.69. The molecular weight excluding hydrogens is 222 g/mol. The molecule has 0 spiro atoms. The molecule has 0 aliphatic rings. The summed E-state index contributed by atoms with van der Waals surface area (Å²) in [5.41, 5.74) is 1.96. The van der Waals surface area contributed by atoms with Crippen LogP contribution in [0.15, 0.2) is 28.4 Å². The van der Waals surface area contributed by atoms with Crippen LogP contribution in [-0.2, 0) is 7.05 Å². The van der Waals surface area contributed by atoms with Crippen LogP contribution < -0.4 is 4.80 Å². The van der Waals surface area contributed by atoms with E-state index in [1.807, 2.05) is 31.5 Å². The number of phenolic OH excluding ortho intramolecular Hbond substituents is 1. The molecule has 16 heavy (non-hydrogen) atoms. The van der Waals surface area contributed by atoms with E-state index in [0.29, 0.717) is 0 Å². The molecule has 2 aromatic rings. The minimum Gasteiger partial charge on any atom is -0.508 e. The Morgan fingerprint density at radius 2 is 2.12 bits per heavy atom. The highest BCUT2D eigenvalue weighted by atomic mass is 32.1. The number of hydrogen-bond acceptors (Lipinski definition) is 4. The summed E-state index contributed by atoms with van der Waals surface area (Å²) in [6.45, 7) is 3.81. The third-order valence-corrected chi connectivity index (χ3v) is 3.21. The third kappa shape index (κ3) is 1.99. The van der Waals surface area contributed by atoms with Crippen LogP contribution >= 0.6 is 11.3 Å². The van der Waals surface area contributed by atoms with E-state index in [2.05, 4.69) is 10.2 Å². The monoisotopic (exact) mass is 235 g/mol. The highest BCUT2D eigenvalue weighted by Gasteiger charge is 2.02. The summed E-state index contributed by atoms with van der Waals surface area (Å²) in [4.78, 5) is 0.821. The highest BCUT2D eigenvalue weighted by Crippen LogP contribution is 2.21. The Morgan fingerprint density at radius 1 is 1.38 bits per heavy atom. The number of thiazole rings is 1. The maximum atomic E-state index is 9.39. The number of aryl methyl sites for hydroxylation is 1. The van der Waals surface area contributed by atoms with Gasteiger partial charge in [-0.15, -0.1) is 5.10 Å². The molecule has 0 saturated carbocycles. The summed E-state index contributed by atoms with van der Waals surface area (Å²) in [6.07, 6.45) is 0. The lowest BCUT2D eigenvalue weighted by molar-refractivity contribution is 0.476. The molecule has 1 aromatic carbocycles. The molecule has 0 fully saturated rings. The molecule has 0 radical (unpaired) electrons. The quantitative estimate of drug-likeness (QED) is 0.598. The molecule has 0 amide bonds. The van der Waals surface area contributed by atoms with Crippen molar-refractivity contribution >= 4 is 27.3 Å². The van der Waals surface area contributed by atoms with Crippen LogP contribution in [0.25, 0.3) is 10.2 Å². The van der Waals surface area contributed by atoms with Crippen molar-refractivity contribution in [1.29, 1.82) is 0 Å². The zero-order valence-corrected chi connectivity index (χ0v) is 10.2. The van der Waals surface area contributed by atoms with Crippen molar-refractivity contribution in [3.05, 3.63) is 23.0 Å². The van der Waals surface area contributed by atoms with Gasteiger partial charge in [-0.3, -0.25) is 0 Å². The maximum absolute atomic E-state index is 9.39. The SMILES string of the molecule is CC(C)=N/N=c1\sc2cc(O)ccc2n1C. The van der Waals surface area contributed by atoms with Crippen molar-refractivity contribution < 1.29 is 5.11 Å². The predicted molar refractivity (Wildman–Crippen MR) is 66.8 cm³/mol. The van der Waals surface area contributed by atoms with Gasteiger partial charge in [-0.2, -0.15) is 5.10 Å². The van der Waals surface area contributed by atoms with Gasteiger partial charge >= 0.3 is 0 Å². The standard InChI is InChI=1S/C11H13N3OS/c1-7(2)12-13-11-14(3)9-5-4-8(15)6-10(9)16-11/h4-6,15H,1-3H3/b13-11-. The van der Waals surface area contributed by atoms with Gasteiger partial charge in [0.1, 0.15) is 5.75 Å². The van der Waals surface area contributed by atoms with Crippen LogP contribution in [0.4, 0.5) is 0 Å². The number of rotatable bonds is 1. The van der Waals surface area contributed by atoms with Gasteiger partial charge in [-0.1, -0.05) is 11.3 Å². The van der Waals surface area contributed by atoms with E-state index in [4.69, 9.17) is 0 Å². The van der Waals surface area contributed by atoms with E-state index in [1.165, 1.54) is 11.3 Å². The van der Waals surface area contributed by atoms with E-state index in [9.17, 15) is 5.11 Å². The minimum absolute atomic E-state index is 0.274. The van der Waals surface area contributed by atoms with Crippen LogP contribution in [0.2, 0.25) is 0 Å². The molecule has 0 unspecified atom stereocenters. The van der Waals surface area contributed by atoms with Gasteiger partial charge in [0.05, 0.1) is 10.2 Å². The molecule has 0 saturated heterocycles. The molecule has 2 rings (SSSR count). The lowest BCUT2D eigenvalue weighted by atomic mass is 10.3. The molecule has 1 N–H and O–H groups in total. The van der Waals surface area contributed by atoms with Crippen molar-refractivity contribution in [2.75, 3.05) is 0 Å². The zero-order chi connectivity index (χ0) is 11.7. The summed E-state index contributed by atoms with van der Waals surface area (Å²) < 4.78 is 2.97. The summed E-state index contributed by atoms with van der Waals surface area (Å²) in [7, 11) is 1.94. The maximum Gasteiger partial charge on any atom is 0.211 e. The normalized spacial score (nSPS) is 12.1. The Bertz CT molecular complexity index is 618. The molecule has 0 aliphatic heterocycles. The number of aromatic hydroxyl groups is 1. The number of phenols is 1. The van der Waals surface area contributed by atoms with E-state index in [0.717, 1.165) is 20.7 Å². The smallest absolute Gasteiger partial charge is 0.211 e. The third-order valence-electron chi connectivity index (χ3n) is 2.13. The molecule has 4 nitrogen and oxygen atoms in total. The highest BCUT2D eigenvalue weighted by molar-refractivity contribution is 7.16. The lowest BCUT2D eigenvalue weighted by Crippen LogP contribution is -2.09. The van der Waals surface area contributed by atoms with Crippen LogP contribution in [0, 0.1) is 0 Å². The van der Waals surface area contributed by atoms with Gasteiger partial charge in [0.25, 0.3) is 0 Å². The van der Waals surface area contributed by atoms with E-state index >= 15 is 0 Å². The van der Waals surface area contributed by atoms with E-state index in [-0.39, 0.29) is 5.75 Å². The van der Waals surface area contributed by atoms with Gasteiger partial charge in [-0.05, 0) is 32.0 Å². The number of benzene rings is 1. The first-order chi connectivity index (χ1) is 7.58. The van der Waals surface area contributed by atoms with Crippen LogP contribution in [0.5, 0.6) is 5.75 Å². The first-order valence-corrected chi connectivity index (χ1v) is 5.73. The van der Waals surface area contributed by atoms with Crippen LogP contribution in [-0.4, -0.2) is 15.4 Å². The van der Waals surface area contributed by atoms with Crippen molar-refractivity contribution in [3.63, 3.8) is 0 Å². The molecule has 1 aromatic heterocycles. The predicted octanol–water partition coefficient (Wildman–Crippen LogP) is 2.24. The first-order valence-electron chi connectivity index (χ1n) is 4.91. The molecule has 0 aliphatic carbocycles. The van der Waals surface area contributed by atoms with Crippen molar-refractivity contribution in [2.24, 2.45) is 17.3 Å². The second-order valence-electron chi connectivity index (χ2n) is 3.74. The summed E-state index contributed by atoms with van der Waals surface area (Å²) in [5, 5.41) is 17.6. The Morgan fingerprint density at radius 3 is 2.81 bits per heavy atom. The fourth-order valence-corrected chi connectivity index (χ4v) is 2.36. The van der Waals surface area contributed by atoms with E-state index < -0.39 is 0 Å². The molecule has 1 heterocycles. The van der Waals surface area contributed by atoms with Gasteiger partial charge in [0.15, 0.2) is 0 Å². The average Bonchev–Trinajstić information content (AvgIpc) is 2.52. The largest absolute Gasteiger partial charge is 0.508 e. The number of aromatic nitrogens is 1. The summed E-state index contributed by atoms with van der Waals surface area (Å²) in [5.74, 6) is 0.274.